The smallest absolute Gasteiger partial charge is 0.267 e. The second-order valence-electron chi connectivity index (χ2n) is 5.51. The van der Waals surface area contributed by atoms with Gasteiger partial charge in [-0.3, -0.25) is 14.2 Å². The van der Waals surface area contributed by atoms with Crippen LogP contribution in [0.25, 0.3) is 0 Å². The highest BCUT2D eigenvalue weighted by molar-refractivity contribution is 8.00. The molecule has 0 unspecified atom stereocenters. The molecule has 1 atom stereocenters. The Kier molecular flexibility index (Phi) is 5.22. The molecule has 2 aromatic rings. The number of fused-ring (bicyclic) bond motifs is 1. The van der Waals surface area contributed by atoms with Gasteiger partial charge in [-0.1, -0.05) is 30.3 Å². The summed E-state index contributed by atoms with van der Waals surface area (Å²) in [6.45, 7) is 2.08. The van der Waals surface area contributed by atoms with Gasteiger partial charge in [0.2, 0.25) is 5.91 Å². The number of halogens is 1. The van der Waals surface area contributed by atoms with Crippen molar-refractivity contribution in [2.24, 2.45) is 7.05 Å². The average molecular weight is 382 g/mol. The molecule has 0 saturated carbocycles. The van der Waals surface area contributed by atoms with Crippen molar-refractivity contribution in [2.45, 2.75) is 28.6 Å². The summed E-state index contributed by atoms with van der Waals surface area (Å²) in [5.74, 6) is 0.0320. The van der Waals surface area contributed by atoms with Crippen LogP contribution in [0, 0.1) is 0 Å². The van der Waals surface area contributed by atoms with Crippen LogP contribution in [0.2, 0.25) is 5.02 Å². The molecule has 126 valence electrons. The summed E-state index contributed by atoms with van der Waals surface area (Å²) >= 11 is 8.66. The van der Waals surface area contributed by atoms with Gasteiger partial charge in [0.05, 0.1) is 16.3 Å². The first-order chi connectivity index (χ1) is 11.4. The quantitative estimate of drug-likeness (QED) is 0.650. The lowest BCUT2D eigenvalue weighted by Gasteiger charge is -2.09. The van der Waals surface area contributed by atoms with Gasteiger partial charge in [-0.2, -0.15) is 0 Å². The maximum Gasteiger partial charge on any atom is 0.267 e. The molecule has 1 aromatic heterocycles. The summed E-state index contributed by atoms with van der Waals surface area (Å²) in [6, 6.07) is 6.92. The van der Waals surface area contributed by atoms with Gasteiger partial charge in [0.25, 0.3) is 5.56 Å². The molecule has 5 nitrogen and oxygen atoms in total. The van der Waals surface area contributed by atoms with Crippen LogP contribution in [-0.4, -0.2) is 26.5 Å². The van der Waals surface area contributed by atoms with E-state index in [-0.39, 0.29) is 17.2 Å². The molecule has 8 heteroatoms. The molecule has 2 heterocycles. The molecule has 1 N–H and O–H groups in total. The van der Waals surface area contributed by atoms with Gasteiger partial charge >= 0.3 is 0 Å². The minimum atomic E-state index is -0.153. The molecule has 0 aliphatic carbocycles. The molecule has 0 fully saturated rings. The van der Waals surface area contributed by atoms with E-state index in [1.165, 1.54) is 16.3 Å². The van der Waals surface area contributed by atoms with Gasteiger partial charge in [-0.05, 0) is 24.3 Å². The fourth-order valence-corrected chi connectivity index (χ4v) is 4.42. The molecule has 24 heavy (non-hydrogen) atoms. The van der Waals surface area contributed by atoms with Crippen molar-refractivity contribution in [2.75, 3.05) is 11.1 Å². The molecule has 1 aromatic carbocycles. The van der Waals surface area contributed by atoms with Gasteiger partial charge in [-0.25, -0.2) is 4.98 Å². The SMILES string of the molecule is C[C@H]1Cc2nc(SCC(=O)Nc3ccc(Cl)cc3)n(C)c(=O)c2S1. The molecule has 1 amide bonds. The fourth-order valence-electron chi connectivity index (χ4n) is 2.37. The molecule has 1 aliphatic rings. The highest BCUT2D eigenvalue weighted by Crippen LogP contribution is 2.33. The summed E-state index contributed by atoms with van der Waals surface area (Å²) in [5.41, 5.74) is 1.50. The number of rotatable bonds is 4. The van der Waals surface area contributed by atoms with E-state index < -0.39 is 0 Å². The Hall–Kier alpha value is -1.44. The van der Waals surface area contributed by atoms with Gasteiger partial charge < -0.3 is 5.32 Å². The molecule has 0 radical (unpaired) electrons. The summed E-state index contributed by atoms with van der Waals surface area (Å²) in [7, 11) is 1.69. The van der Waals surface area contributed by atoms with Gasteiger partial charge in [0.15, 0.2) is 5.16 Å². The van der Waals surface area contributed by atoms with Crippen LogP contribution in [0.1, 0.15) is 12.6 Å². The minimum Gasteiger partial charge on any atom is -0.325 e. The Morgan fingerprint density at radius 1 is 1.46 bits per heavy atom. The number of carbonyl (C=O) groups excluding carboxylic acids is 1. The van der Waals surface area contributed by atoms with E-state index in [4.69, 9.17) is 11.6 Å². The fraction of sp³-hybridized carbons (Fsp3) is 0.312. The normalized spacial score (nSPS) is 16.0. The number of carbonyl (C=O) groups is 1. The number of nitrogens with one attached hydrogen (secondary N) is 1. The van der Waals surface area contributed by atoms with Crippen molar-refractivity contribution >= 4 is 46.7 Å². The summed E-state index contributed by atoms with van der Waals surface area (Å²) < 4.78 is 1.52. The van der Waals surface area contributed by atoms with Crippen LogP contribution in [-0.2, 0) is 18.3 Å². The molecule has 3 rings (SSSR count). The van der Waals surface area contributed by atoms with Crippen molar-refractivity contribution in [1.82, 2.24) is 9.55 Å². The number of aromatic nitrogens is 2. The van der Waals surface area contributed by atoms with Crippen molar-refractivity contribution in [3.63, 3.8) is 0 Å². The Morgan fingerprint density at radius 2 is 2.17 bits per heavy atom. The summed E-state index contributed by atoms with van der Waals surface area (Å²) in [4.78, 5) is 29.7. The van der Waals surface area contributed by atoms with Crippen molar-refractivity contribution in [3.05, 3.63) is 45.3 Å². The van der Waals surface area contributed by atoms with Crippen LogP contribution in [0.5, 0.6) is 0 Å². The lowest BCUT2D eigenvalue weighted by molar-refractivity contribution is -0.113. The van der Waals surface area contributed by atoms with E-state index in [0.29, 0.717) is 21.1 Å². The Morgan fingerprint density at radius 3 is 2.88 bits per heavy atom. The van der Waals surface area contributed by atoms with Crippen molar-refractivity contribution in [3.8, 4) is 0 Å². The second-order valence-corrected chi connectivity index (χ2v) is 8.34. The topological polar surface area (TPSA) is 64.0 Å². The van der Waals surface area contributed by atoms with Crippen molar-refractivity contribution < 1.29 is 4.79 Å². The highest BCUT2D eigenvalue weighted by Gasteiger charge is 2.25. The first kappa shape index (κ1) is 17.4. The zero-order chi connectivity index (χ0) is 17.3. The summed E-state index contributed by atoms with van der Waals surface area (Å²) in [6.07, 6.45) is 0.792. The second kappa shape index (κ2) is 7.21. The molecule has 0 saturated heterocycles. The maximum atomic E-state index is 12.4. The highest BCUT2D eigenvalue weighted by atomic mass is 35.5. The first-order valence-electron chi connectivity index (χ1n) is 7.39. The number of benzene rings is 1. The largest absolute Gasteiger partial charge is 0.325 e. The molecule has 0 spiro atoms. The third kappa shape index (κ3) is 3.79. The number of anilines is 1. The van der Waals surface area contributed by atoms with Gasteiger partial charge in [-0.15, -0.1) is 11.8 Å². The summed E-state index contributed by atoms with van der Waals surface area (Å²) in [5, 5.41) is 4.35. The number of amides is 1. The zero-order valence-corrected chi connectivity index (χ0v) is 15.6. The third-order valence-corrected chi connectivity index (χ3v) is 6.04. The Labute approximate surface area is 153 Å². The van der Waals surface area contributed by atoms with Crippen LogP contribution < -0.4 is 10.9 Å². The number of hydrogen-bond acceptors (Lipinski definition) is 5. The van der Waals surface area contributed by atoms with Gasteiger partial charge in [0, 0.05) is 29.4 Å². The molecule has 1 aliphatic heterocycles. The predicted octanol–water partition coefficient (Wildman–Crippen LogP) is 3.20. The lowest BCUT2D eigenvalue weighted by atomic mass is 10.2. The van der Waals surface area contributed by atoms with Crippen LogP contribution in [0.3, 0.4) is 0 Å². The van der Waals surface area contributed by atoms with Crippen molar-refractivity contribution in [1.29, 1.82) is 0 Å². The van der Waals surface area contributed by atoms with E-state index in [1.807, 2.05) is 0 Å². The van der Waals surface area contributed by atoms with E-state index in [9.17, 15) is 9.59 Å². The first-order valence-corrected chi connectivity index (χ1v) is 9.63. The maximum absolute atomic E-state index is 12.4. The molecular formula is C16H16ClN3O2S2. The van der Waals surface area contributed by atoms with E-state index in [1.54, 1.807) is 43.1 Å². The number of thioether (sulfide) groups is 2. The monoisotopic (exact) mass is 381 g/mol. The van der Waals surface area contributed by atoms with E-state index in [0.717, 1.165) is 17.0 Å². The number of hydrogen-bond donors (Lipinski definition) is 1. The Bertz CT molecular complexity index is 836. The van der Waals surface area contributed by atoms with Crippen LogP contribution in [0.15, 0.2) is 39.1 Å². The Balaban J connectivity index is 1.68. The van der Waals surface area contributed by atoms with E-state index >= 15 is 0 Å². The molecule has 0 bridgehead atoms. The number of nitrogens with zero attached hydrogens (tertiary/aromatic N) is 2. The average Bonchev–Trinajstić information content (AvgIpc) is 2.92. The van der Waals surface area contributed by atoms with E-state index in [2.05, 4.69) is 17.2 Å². The molecular weight excluding hydrogens is 366 g/mol. The standard InChI is InChI=1S/C16H16ClN3O2S2/c1-9-7-12-14(24-9)15(22)20(2)16(19-12)23-8-13(21)18-11-5-3-10(17)4-6-11/h3-6,9H,7-8H2,1-2H3,(H,18,21)/t9-/m0/s1. The van der Waals surface area contributed by atoms with Gasteiger partial charge in [0.1, 0.15) is 0 Å². The minimum absolute atomic E-state index is 0.0324. The lowest BCUT2D eigenvalue weighted by Crippen LogP contribution is -2.23. The van der Waals surface area contributed by atoms with Crippen LogP contribution >= 0.6 is 35.1 Å². The zero-order valence-electron chi connectivity index (χ0n) is 13.2. The predicted molar refractivity (Wildman–Crippen MR) is 99.3 cm³/mol. The third-order valence-electron chi connectivity index (χ3n) is 3.54. The van der Waals surface area contributed by atoms with Crippen LogP contribution in [0.4, 0.5) is 5.69 Å².